The van der Waals surface area contributed by atoms with Crippen molar-refractivity contribution in [2.75, 3.05) is 13.1 Å². The third kappa shape index (κ3) is 3.14. The number of carbonyl (C=O) groups excluding carboxylic acids is 1. The number of carboxylic acid groups (broad SMARTS) is 1. The molecule has 1 N–H and O–H groups in total. The molecule has 1 heterocycles. The molecule has 2 rings (SSSR count). The third-order valence-corrected chi connectivity index (χ3v) is 4.60. The number of hydrogen-bond donors (Lipinski definition) is 1. The summed E-state index contributed by atoms with van der Waals surface area (Å²) >= 11 is 0. The molecule has 5 nitrogen and oxygen atoms in total. The maximum Gasteiger partial charge on any atom is 0.307 e. The Morgan fingerprint density at radius 3 is 2.20 bits per heavy atom. The van der Waals surface area contributed by atoms with E-state index in [1.165, 1.54) is 0 Å². The van der Waals surface area contributed by atoms with Gasteiger partial charge in [-0.1, -0.05) is 13.3 Å². The van der Waals surface area contributed by atoms with Crippen LogP contribution in [0.1, 0.15) is 40.0 Å². The van der Waals surface area contributed by atoms with E-state index in [-0.39, 0.29) is 24.0 Å². The van der Waals surface area contributed by atoms with Crippen LogP contribution in [0.2, 0.25) is 0 Å². The highest BCUT2D eigenvalue weighted by atomic mass is 16.5. The lowest BCUT2D eigenvalue weighted by molar-refractivity contribution is -0.154. The zero-order valence-corrected chi connectivity index (χ0v) is 12.5. The van der Waals surface area contributed by atoms with Gasteiger partial charge in [-0.05, 0) is 32.6 Å². The van der Waals surface area contributed by atoms with Crippen LogP contribution in [0.15, 0.2) is 0 Å². The van der Waals surface area contributed by atoms with E-state index < -0.39 is 11.9 Å². The topological polar surface area (TPSA) is 66.8 Å². The molecule has 1 saturated heterocycles. The number of hydrogen-bond acceptors (Lipinski definition) is 3. The molecular formula is C15H25NO4. The standard InChI is InChI=1S/C15H25NO4/c1-4-11-5-12(13(6-11)15(18)19)14(17)16-7-9(2)20-10(3)8-16/h9-13H,4-8H2,1-3H3,(H,18,19)/t9-,10+,11?,12-,13+/m0/s1. The van der Waals surface area contributed by atoms with Crippen LogP contribution in [0.3, 0.4) is 0 Å². The van der Waals surface area contributed by atoms with Gasteiger partial charge in [0, 0.05) is 13.1 Å². The highest BCUT2D eigenvalue weighted by molar-refractivity contribution is 5.85. The first-order valence-electron chi connectivity index (χ1n) is 7.59. The van der Waals surface area contributed by atoms with Gasteiger partial charge in [-0.2, -0.15) is 0 Å². The molecule has 0 aromatic heterocycles. The Morgan fingerprint density at radius 2 is 1.70 bits per heavy atom. The Balaban J connectivity index is 2.08. The predicted octanol–water partition coefficient (Wildman–Crippen LogP) is 1.76. The molecule has 0 spiro atoms. The van der Waals surface area contributed by atoms with Crippen LogP contribution < -0.4 is 0 Å². The van der Waals surface area contributed by atoms with Crippen LogP contribution in [0.25, 0.3) is 0 Å². The van der Waals surface area contributed by atoms with Crippen molar-refractivity contribution in [2.45, 2.75) is 52.2 Å². The fourth-order valence-electron chi connectivity index (χ4n) is 3.61. The maximum absolute atomic E-state index is 12.7. The van der Waals surface area contributed by atoms with Crippen LogP contribution in [0, 0.1) is 17.8 Å². The van der Waals surface area contributed by atoms with Crippen molar-refractivity contribution < 1.29 is 19.4 Å². The molecule has 0 radical (unpaired) electrons. The summed E-state index contributed by atoms with van der Waals surface area (Å²) in [6.45, 7) is 7.11. The Morgan fingerprint density at radius 1 is 1.15 bits per heavy atom. The largest absolute Gasteiger partial charge is 0.481 e. The van der Waals surface area contributed by atoms with E-state index in [9.17, 15) is 14.7 Å². The van der Waals surface area contributed by atoms with Gasteiger partial charge in [0.15, 0.2) is 0 Å². The molecule has 114 valence electrons. The minimum atomic E-state index is -0.825. The Labute approximate surface area is 120 Å². The summed E-state index contributed by atoms with van der Waals surface area (Å²) in [5.74, 6) is -1.32. The first-order chi connectivity index (χ1) is 9.42. The summed E-state index contributed by atoms with van der Waals surface area (Å²) < 4.78 is 5.64. The van der Waals surface area contributed by atoms with E-state index in [0.29, 0.717) is 31.8 Å². The van der Waals surface area contributed by atoms with Crippen molar-refractivity contribution in [3.63, 3.8) is 0 Å². The molecule has 5 heteroatoms. The normalized spacial score (nSPS) is 38.0. The molecular weight excluding hydrogens is 258 g/mol. The molecule has 1 aliphatic heterocycles. The first kappa shape index (κ1) is 15.3. The van der Waals surface area contributed by atoms with Gasteiger partial charge < -0.3 is 14.7 Å². The monoisotopic (exact) mass is 283 g/mol. The Hall–Kier alpha value is -1.10. The molecule has 1 unspecified atom stereocenters. The van der Waals surface area contributed by atoms with Crippen molar-refractivity contribution in [1.82, 2.24) is 4.90 Å². The molecule has 5 atom stereocenters. The summed E-state index contributed by atoms with van der Waals surface area (Å²) in [6.07, 6.45) is 2.34. The van der Waals surface area contributed by atoms with Crippen molar-refractivity contribution in [3.8, 4) is 0 Å². The summed E-state index contributed by atoms with van der Waals surface area (Å²) in [4.78, 5) is 25.9. The van der Waals surface area contributed by atoms with Gasteiger partial charge >= 0.3 is 5.97 Å². The highest BCUT2D eigenvalue weighted by Gasteiger charge is 2.44. The Kier molecular flexibility index (Phi) is 4.68. The number of ether oxygens (including phenoxy) is 1. The number of rotatable bonds is 3. The molecule has 2 aliphatic rings. The second-order valence-corrected chi connectivity index (χ2v) is 6.30. The smallest absolute Gasteiger partial charge is 0.307 e. The second-order valence-electron chi connectivity index (χ2n) is 6.30. The van der Waals surface area contributed by atoms with E-state index in [1.807, 2.05) is 13.8 Å². The minimum Gasteiger partial charge on any atom is -0.481 e. The zero-order chi connectivity index (χ0) is 14.9. The van der Waals surface area contributed by atoms with E-state index >= 15 is 0 Å². The number of aliphatic carboxylic acids is 1. The van der Waals surface area contributed by atoms with E-state index in [4.69, 9.17) is 4.74 Å². The van der Waals surface area contributed by atoms with Crippen LogP contribution in [-0.2, 0) is 14.3 Å². The molecule has 0 aromatic rings. The molecule has 0 bridgehead atoms. The summed E-state index contributed by atoms with van der Waals surface area (Å²) in [5, 5.41) is 9.35. The van der Waals surface area contributed by atoms with Crippen molar-refractivity contribution in [2.24, 2.45) is 17.8 Å². The van der Waals surface area contributed by atoms with Gasteiger partial charge in [-0.25, -0.2) is 0 Å². The van der Waals surface area contributed by atoms with Crippen LogP contribution in [-0.4, -0.2) is 47.2 Å². The minimum absolute atomic E-state index is 0.00958. The van der Waals surface area contributed by atoms with Gasteiger partial charge in [-0.3, -0.25) is 9.59 Å². The molecule has 0 aromatic carbocycles. The van der Waals surface area contributed by atoms with Crippen LogP contribution in [0.4, 0.5) is 0 Å². The average Bonchev–Trinajstić information content (AvgIpc) is 2.81. The van der Waals surface area contributed by atoms with Gasteiger partial charge in [0.1, 0.15) is 0 Å². The summed E-state index contributed by atoms with van der Waals surface area (Å²) in [5.41, 5.74) is 0. The molecule has 1 aliphatic carbocycles. The molecule has 1 amide bonds. The van der Waals surface area contributed by atoms with Crippen molar-refractivity contribution >= 4 is 11.9 Å². The number of carboxylic acids is 1. The van der Waals surface area contributed by atoms with Gasteiger partial charge in [-0.15, -0.1) is 0 Å². The van der Waals surface area contributed by atoms with E-state index in [2.05, 4.69) is 6.92 Å². The van der Waals surface area contributed by atoms with Crippen LogP contribution in [0.5, 0.6) is 0 Å². The van der Waals surface area contributed by atoms with Crippen molar-refractivity contribution in [3.05, 3.63) is 0 Å². The average molecular weight is 283 g/mol. The fourth-order valence-corrected chi connectivity index (χ4v) is 3.61. The molecule has 20 heavy (non-hydrogen) atoms. The number of nitrogens with zero attached hydrogens (tertiary/aromatic N) is 1. The Bertz CT molecular complexity index is 374. The summed E-state index contributed by atoms with van der Waals surface area (Å²) in [7, 11) is 0. The second kappa shape index (κ2) is 6.12. The quantitative estimate of drug-likeness (QED) is 0.857. The third-order valence-electron chi connectivity index (χ3n) is 4.60. The lowest BCUT2D eigenvalue weighted by Crippen LogP contribution is -2.50. The fraction of sp³-hybridized carbons (Fsp3) is 0.867. The van der Waals surface area contributed by atoms with Crippen LogP contribution >= 0.6 is 0 Å². The zero-order valence-electron chi connectivity index (χ0n) is 12.5. The number of amides is 1. The van der Waals surface area contributed by atoms with Gasteiger partial charge in [0.25, 0.3) is 0 Å². The first-order valence-corrected chi connectivity index (χ1v) is 7.59. The highest BCUT2D eigenvalue weighted by Crippen LogP contribution is 2.39. The SMILES string of the molecule is CCC1C[C@H](C(=O)N2C[C@@H](C)O[C@@H](C)C2)[C@H](C(=O)O)C1. The number of morpholine rings is 1. The van der Waals surface area contributed by atoms with Gasteiger partial charge in [0.2, 0.25) is 5.91 Å². The lowest BCUT2D eigenvalue weighted by Gasteiger charge is -2.37. The van der Waals surface area contributed by atoms with Crippen molar-refractivity contribution in [1.29, 1.82) is 0 Å². The number of carbonyl (C=O) groups is 2. The lowest BCUT2D eigenvalue weighted by atomic mass is 9.94. The molecule has 2 fully saturated rings. The van der Waals surface area contributed by atoms with E-state index in [0.717, 1.165) is 6.42 Å². The molecule has 1 saturated carbocycles. The summed E-state index contributed by atoms with van der Waals surface area (Å²) in [6, 6.07) is 0. The predicted molar refractivity (Wildman–Crippen MR) is 74.2 cm³/mol. The maximum atomic E-state index is 12.7. The van der Waals surface area contributed by atoms with Gasteiger partial charge in [0.05, 0.1) is 24.0 Å². The van der Waals surface area contributed by atoms with E-state index in [1.54, 1.807) is 4.90 Å².